The molecule has 2 heterocycles. The fourth-order valence-electron chi connectivity index (χ4n) is 5.03. The number of hydrogen-bond acceptors (Lipinski definition) is 7. The van der Waals surface area contributed by atoms with E-state index in [1.807, 2.05) is 36.4 Å². The zero-order chi connectivity index (χ0) is 29.5. The molecule has 1 aliphatic rings. The first-order valence-corrected chi connectivity index (χ1v) is 14.3. The van der Waals surface area contributed by atoms with Crippen molar-refractivity contribution in [3.63, 3.8) is 0 Å². The molecule has 0 spiro atoms. The molecule has 1 saturated carbocycles. The summed E-state index contributed by atoms with van der Waals surface area (Å²) in [5.74, 6) is 0.167. The van der Waals surface area contributed by atoms with Gasteiger partial charge in [0, 0.05) is 52.6 Å². The number of nitrogens with one attached hydrogen (secondary N) is 2. The Morgan fingerprint density at radius 1 is 0.952 bits per heavy atom. The summed E-state index contributed by atoms with van der Waals surface area (Å²) in [6.45, 7) is 1.63. The molecule has 2 aromatic carbocycles. The van der Waals surface area contributed by atoms with E-state index in [9.17, 15) is 9.59 Å². The lowest BCUT2D eigenvalue weighted by Crippen LogP contribution is -2.41. The molecule has 10 heteroatoms. The number of hydrogen-bond donors (Lipinski definition) is 3. The lowest BCUT2D eigenvalue weighted by Gasteiger charge is -2.24. The number of halogens is 1. The number of nitrogens with two attached hydrogens (primary N) is 1. The van der Waals surface area contributed by atoms with Gasteiger partial charge in [0.1, 0.15) is 6.04 Å². The van der Waals surface area contributed by atoms with Crippen LogP contribution < -0.4 is 16.4 Å². The third-order valence-electron chi connectivity index (χ3n) is 7.31. The minimum Gasteiger partial charge on any atom is -0.398 e. The normalized spacial score (nSPS) is 14.7. The van der Waals surface area contributed by atoms with Crippen molar-refractivity contribution in [1.82, 2.24) is 20.3 Å². The first kappa shape index (κ1) is 28.9. The van der Waals surface area contributed by atoms with Crippen molar-refractivity contribution < 1.29 is 9.59 Å². The van der Waals surface area contributed by atoms with Crippen LogP contribution in [0.1, 0.15) is 54.9 Å². The van der Waals surface area contributed by atoms with Gasteiger partial charge in [-0.2, -0.15) is 0 Å². The summed E-state index contributed by atoms with van der Waals surface area (Å²) in [5.41, 5.74) is 11.3. The van der Waals surface area contributed by atoms with Gasteiger partial charge in [-0.05, 0) is 73.3 Å². The Labute approximate surface area is 249 Å². The Morgan fingerprint density at radius 2 is 1.69 bits per heavy atom. The van der Waals surface area contributed by atoms with Gasteiger partial charge in [0.05, 0.1) is 5.71 Å². The molecule has 0 saturated heterocycles. The Bertz CT molecular complexity index is 1570. The third kappa shape index (κ3) is 7.16. The topological polar surface area (TPSA) is 135 Å². The standard InChI is InChI=1S/C32H32ClN7O2/c1-20(30(41)39-25-13-10-21(11-14-25)24-18-36-32(33)37-19-24)38-31(42)23-12-15-26(27(34)17-23)29(22-7-3-2-4-8-22)40-28-9-5-6-16-35-28/h5-6,9-20,22H,2-4,7-8,34H2,1H3,(H,38,42)(H,39,41). The smallest absolute Gasteiger partial charge is 0.251 e. The van der Waals surface area contributed by atoms with E-state index in [1.165, 1.54) is 6.42 Å². The van der Waals surface area contributed by atoms with E-state index >= 15 is 0 Å². The van der Waals surface area contributed by atoms with Gasteiger partial charge >= 0.3 is 0 Å². The summed E-state index contributed by atoms with van der Waals surface area (Å²) in [4.78, 5) is 43.1. The molecule has 1 fully saturated rings. The molecule has 214 valence electrons. The predicted octanol–water partition coefficient (Wildman–Crippen LogP) is 6.23. The molecule has 9 nitrogen and oxygen atoms in total. The fourth-order valence-corrected chi connectivity index (χ4v) is 5.13. The minimum atomic E-state index is -0.786. The second kappa shape index (κ2) is 13.4. The maximum Gasteiger partial charge on any atom is 0.251 e. The Hall–Kier alpha value is -4.63. The second-order valence-electron chi connectivity index (χ2n) is 10.3. The van der Waals surface area contributed by atoms with Crippen molar-refractivity contribution in [1.29, 1.82) is 0 Å². The highest BCUT2D eigenvalue weighted by Crippen LogP contribution is 2.31. The monoisotopic (exact) mass is 581 g/mol. The number of nitrogens with zero attached hydrogens (tertiary/aromatic N) is 4. The van der Waals surface area contributed by atoms with E-state index in [-0.39, 0.29) is 17.1 Å². The molecule has 0 aliphatic heterocycles. The average Bonchev–Trinajstić information content (AvgIpc) is 3.01. The summed E-state index contributed by atoms with van der Waals surface area (Å²) in [7, 11) is 0. The maximum atomic E-state index is 13.1. The zero-order valence-corrected chi connectivity index (χ0v) is 24.0. The predicted molar refractivity (Wildman–Crippen MR) is 166 cm³/mol. The molecular formula is C32H32ClN7O2. The summed E-state index contributed by atoms with van der Waals surface area (Å²) in [5, 5.41) is 5.77. The van der Waals surface area contributed by atoms with Crippen LogP contribution in [-0.2, 0) is 4.79 Å². The summed E-state index contributed by atoms with van der Waals surface area (Å²) in [6.07, 6.45) is 10.6. The highest BCUT2D eigenvalue weighted by molar-refractivity contribution is 6.28. The van der Waals surface area contributed by atoms with Crippen LogP contribution >= 0.6 is 11.6 Å². The first-order valence-electron chi connectivity index (χ1n) is 14.0. The molecule has 4 N–H and O–H groups in total. The van der Waals surface area contributed by atoms with Crippen LogP contribution in [-0.4, -0.2) is 38.5 Å². The number of aromatic nitrogens is 3. The molecule has 1 aliphatic carbocycles. The van der Waals surface area contributed by atoms with Crippen molar-refractivity contribution in [2.45, 2.75) is 45.1 Å². The van der Waals surface area contributed by atoms with E-state index in [1.54, 1.807) is 49.8 Å². The van der Waals surface area contributed by atoms with E-state index in [4.69, 9.17) is 22.3 Å². The molecule has 42 heavy (non-hydrogen) atoms. The van der Waals surface area contributed by atoms with Crippen LogP contribution in [0.5, 0.6) is 0 Å². The van der Waals surface area contributed by atoms with Crippen LogP contribution in [0.15, 0.2) is 84.2 Å². The number of carbonyl (C=O) groups is 2. The number of amides is 2. The van der Waals surface area contributed by atoms with Crippen molar-refractivity contribution in [3.05, 3.63) is 95.7 Å². The molecule has 4 aromatic rings. The Balaban J connectivity index is 1.25. The number of rotatable bonds is 8. The Kier molecular flexibility index (Phi) is 9.18. The van der Waals surface area contributed by atoms with E-state index in [0.717, 1.165) is 48.1 Å². The van der Waals surface area contributed by atoms with Gasteiger partial charge in [-0.3, -0.25) is 9.59 Å². The second-order valence-corrected chi connectivity index (χ2v) is 10.7. The zero-order valence-electron chi connectivity index (χ0n) is 23.3. The quantitative estimate of drug-likeness (QED) is 0.128. The van der Waals surface area contributed by atoms with Crippen molar-refractivity contribution in [2.24, 2.45) is 10.9 Å². The largest absolute Gasteiger partial charge is 0.398 e. The molecule has 2 amide bonds. The van der Waals surface area contributed by atoms with Crippen LogP contribution in [0.3, 0.4) is 0 Å². The highest BCUT2D eigenvalue weighted by atomic mass is 35.5. The van der Waals surface area contributed by atoms with E-state index < -0.39 is 11.9 Å². The number of benzene rings is 2. The van der Waals surface area contributed by atoms with Crippen molar-refractivity contribution in [2.75, 3.05) is 11.1 Å². The minimum absolute atomic E-state index is 0.177. The van der Waals surface area contributed by atoms with Gasteiger partial charge in [-0.15, -0.1) is 0 Å². The summed E-state index contributed by atoms with van der Waals surface area (Å²) in [6, 6.07) is 17.3. The summed E-state index contributed by atoms with van der Waals surface area (Å²) >= 11 is 5.76. The van der Waals surface area contributed by atoms with Gasteiger partial charge in [0.15, 0.2) is 5.82 Å². The number of carbonyl (C=O) groups excluding carboxylic acids is 2. The van der Waals surface area contributed by atoms with Gasteiger partial charge in [0.2, 0.25) is 11.2 Å². The molecule has 2 aromatic heterocycles. The molecular weight excluding hydrogens is 550 g/mol. The molecule has 5 rings (SSSR count). The lowest BCUT2D eigenvalue weighted by molar-refractivity contribution is -0.117. The summed E-state index contributed by atoms with van der Waals surface area (Å²) < 4.78 is 0. The molecule has 0 bridgehead atoms. The highest BCUT2D eigenvalue weighted by Gasteiger charge is 2.24. The van der Waals surface area contributed by atoms with Crippen LogP contribution in [0, 0.1) is 5.92 Å². The van der Waals surface area contributed by atoms with Crippen molar-refractivity contribution >= 4 is 46.3 Å². The number of pyridine rings is 1. The molecule has 0 radical (unpaired) electrons. The number of aliphatic imine (C=N–C) groups is 1. The van der Waals surface area contributed by atoms with Gasteiger partial charge in [-0.25, -0.2) is 19.9 Å². The van der Waals surface area contributed by atoms with Gasteiger partial charge in [-0.1, -0.05) is 43.5 Å². The van der Waals surface area contributed by atoms with Gasteiger partial charge in [0.25, 0.3) is 5.91 Å². The molecule has 1 atom stereocenters. The van der Waals surface area contributed by atoms with Crippen LogP contribution in [0.2, 0.25) is 5.28 Å². The van der Waals surface area contributed by atoms with Crippen LogP contribution in [0.4, 0.5) is 17.2 Å². The number of nitrogen functional groups attached to an aromatic ring is 1. The van der Waals surface area contributed by atoms with Gasteiger partial charge < -0.3 is 16.4 Å². The maximum absolute atomic E-state index is 13.1. The van der Waals surface area contributed by atoms with Crippen molar-refractivity contribution in [3.8, 4) is 11.1 Å². The lowest BCUT2D eigenvalue weighted by atomic mass is 9.82. The Morgan fingerprint density at radius 3 is 2.36 bits per heavy atom. The average molecular weight is 582 g/mol. The molecule has 1 unspecified atom stereocenters. The van der Waals surface area contributed by atoms with E-state index in [2.05, 4.69) is 25.6 Å². The SMILES string of the molecule is CC(NC(=O)c1ccc(C(=Nc2ccccn2)C2CCCCC2)c(N)c1)C(=O)Nc1ccc(-c2cnc(Cl)nc2)cc1. The van der Waals surface area contributed by atoms with E-state index in [0.29, 0.717) is 22.8 Å². The number of anilines is 2. The third-order valence-corrected chi connectivity index (χ3v) is 7.51. The first-order chi connectivity index (χ1) is 20.4. The fraction of sp³-hybridized carbons (Fsp3) is 0.250. The van der Waals surface area contributed by atoms with Crippen LogP contribution in [0.25, 0.3) is 11.1 Å².